The van der Waals surface area contributed by atoms with Crippen molar-refractivity contribution < 1.29 is 14.5 Å². The molecule has 37 heavy (non-hydrogen) atoms. The van der Waals surface area contributed by atoms with Crippen LogP contribution in [0.2, 0.25) is 0 Å². The van der Waals surface area contributed by atoms with Gasteiger partial charge >= 0.3 is 11.7 Å². The molecular weight excluding hydrogens is 478 g/mol. The summed E-state index contributed by atoms with van der Waals surface area (Å²) in [6.45, 7) is 2.65. The van der Waals surface area contributed by atoms with E-state index < -0.39 is 10.6 Å². The molecule has 3 rings (SSSR count). The number of benzene rings is 2. The summed E-state index contributed by atoms with van der Waals surface area (Å²) in [6, 6.07) is 16.6. The molecule has 0 aliphatic rings. The standard InChI is InChI=1S/C26H31N5O6/c1-28-23(19-24(32)29(2)26(28)34)27-14-17-30(16-13-20-9-11-22(12-10-20)31(35)36)15-6-18-37-25(33)21-7-4-3-5-8-21/h3-5,7-12,19,27H,6,13-18H2,1-2H3. The maximum absolute atomic E-state index is 12.2. The van der Waals surface area contributed by atoms with Crippen molar-refractivity contribution in [3.8, 4) is 0 Å². The van der Waals surface area contributed by atoms with E-state index in [9.17, 15) is 24.5 Å². The number of aromatic nitrogens is 2. The van der Waals surface area contributed by atoms with Crippen LogP contribution in [0, 0.1) is 10.1 Å². The number of ether oxygens (including phenoxy) is 1. The molecule has 0 spiro atoms. The van der Waals surface area contributed by atoms with E-state index in [0.717, 1.165) is 10.1 Å². The molecule has 0 unspecified atom stereocenters. The van der Waals surface area contributed by atoms with Gasteiger partial charge in [0.05, 0.1) is 17.1 Å². The molecule has 196 valence electrons. The highest BCUT2D eigenvalue weighted by atomic mass is 16.6. The largest absolute Gasteiger partial charge is 0.462 e. The Bertz CT molecular complexity index is 1320. The van der Waals surface area contributed by atoms with Crippen LogP contribution in [0.1, 0.15) is 22.3 Å². The summed E-state index contributed by atoms with van der Waals surface area (Å²) in [5.41, 5.74) is 0.713. The lowest BCUT2D eigenvalue weighted by Crippen LogP contribution is -2.38. The van der Waals surface area contributed by atoms with Crippen molar-refractivity contribution in [3.63, 3.8) is 0 Å². The summed E-state index contributed by atoms with van der Waals surface area (Å²) < 4.78 is 7.80. The van der Waals surface area contributed by atoms with E-state index in [0.29, 0.717) is 50.4 Å². The van der Waals surface area contributed by atoms with E-state index in [1.54, 1.807) is 43.4 Å². The van der Waals surface area contributed by atoms with Gasteiger partial charge in [-0.05, 0) is 30.5 Å². The zero-order valence-electron chi connectivity index (χ0n) is 21.0. The van der Waals surface area contributed by atoms with Crippen molar-refractivity contribution >= 4 is 17.5 Å². The molecule has 1 N–H and O–H groups in total. The fraction of sp³-hybridized carbons (Fsp3) is 0.346. The van der Waals surface area contributed by atoms with Crippen LogP contribution in [0.4, 0.5) is 11.5 Å². The second-order valence-corrected chi connectivity index (χ2v) is 8.57. The van der Waals surface area contributed by atoms with Gasteiger partial charge in [-0.2, -0.15) is 0 Å². The van der Waals surface area contributed by atoms with Gasteiger partial charge in [-0.25, -0.2) is 9.59 Å². The lowest BCUT2D eigenvalue weighted by molar-refractivity contribution is -0.384. The topological polar surface area (TPSA) is 129 Å². The number of non-ortho nitro benzene ring substituents is 1. The smallest absolute Gasteiger partial charge is 0.338 e. The first-order valence-electron chi connectivity index (χ1n) is 11.9. The van der Waals surface area contributed by atoms with Crippen LogP contribution in [-0.2, 0) is 25.3 Å². The highest BCUT2D eigenvalue weighted by Gasteiger charge is 2.11. The van der Waals surface area contributed by atoms with Crippen LogP contribution in [0.15, 0.2) is 70.3 Å². The molecule has 0 aliphatic carbocycles. The fourth-order valence-corrected chi connectivity index (χ4v) is 3.76. The Hall–Kier alpha value is -4.25. The molecule has 0 atom stereocenters. The van der Waals surface area contributed by atoms with E-state index in [2.05, 4.69) is 10.2 Å². The number of anilines is 1. The molecule has 11 nitrogen and oxygen atoms in total. The molecule has 0 fully saturated rings. The predicted molar refractivity (Wildman–Crippen MR) is 140 cm³/mol. The minimum absolute atomic E-state index is 0.0460. The van der Waals surface area contributed by atoms with Gasteiger partial charge in [0.25, 0.3) is 11.2 Å². The molecule has 0 saturated carbocycles. The Labute approximate surface area is 214 Å². The monoisotopic (exact) mass is 509 g/mol. The lowest BCUT2D eigenvalue weighted by Gasteiger charge is -2.23. The van der Waals surface area contributed by atoms with Gasteiger partial charge in [-0.15, -0.1) is 0 Å². The Morgan fingerprint density at radius 2 is 1.70 bits per heavy atom. The summed E-state index contributed by atoms with van der Waals surface area (Å²) in [4.78, 5) is 48.9. The van der Waals surface area contributed by atoms with Crippen molar-refractivity contribution in [1.29, 1.82) is 0 Å². The number of carbonyl (C=O) groups excluding carboxylic acids is 1. The SMILES string of the molecule is Cn1c(NCCN(CCCOC(=O)c2ccccc2)CCc2ccc([N+](=O)[O-])cc2)cc(=O)n(C)c1=O. The Balaban J connectivity index is 1.57. The van der Waals surface area contributed by atoms with E-state index in [1.807, 2.05) is 6.07 Å². The molecule has 11 heteroatoms. The molecular formula is C26H31N5O6. The third-order valence-corrected chi connectivity index (χ3v) is 5.99. The Morgan fingerprint density at radius 3 is 2.38 bits per heavy atom. The number of nitro benzene ring substituents is 1. The second kappa shape index (κ2) is 13.2. The highest BCUT2D eigenvalue weighted by molar-refractivity contribution is 5.89. The summed E-state index contributed by atoms with van der Waals surface area (Å²) in [6.07, 6.45) is 1.29. The van der Waals surface area contributed by atoms with Crippen LogP contribution >= 0.6 is 0 Å². The normalized spacial score (nSPS) is 10.9. The number of hydrogen-bond donors (Lipinski definition) is 1. The number of nitro groups is 1. The third kappa shape index (κ3) is 7.87. The van der Waals surface area contributed by atoms with Crippen molar-refractivity contribution in [2.45, 2.75) is 12.8 Å². The third-order valence-electron chi connectivity index (χ3n) is 5.99. The number of carbonyl (C=O) groups is 1. The van der Waals surface area contributed by atoms with E-state index in [1.165, 1.54) is 29.8 Å². The van der Waals surface area contributed by atoms with Crippen LogP contribution in [0.5, 0.6) is 0 Å². The van der Waals surface area contributed by atoms with Gasteiger partial charge in [0.15, 0.2) is 0 Å². The Kier molecular flexibility index (Phi) is 9.73. The lowest BCUT2D eigenvalue weighted by atomic mass is 10.1. The summed E-state index contributed by atoms with van der Waals surface area (Å²) in [5.74, 6) is 0.0616. The van der Waals surface area contributed by atoms with Crippen molar-refractivity contribution in [2.75, 3.05) is 38.1 Å². The minimum Gasteiger partial charge on any atom is -0.462 e. The molecule has 2 aromatic carbocycles. The maximum Gasteiger partial charge on any atom is 0.338 e. The Morgan fingerprint density at radius 1 is 1.00 bits per heavy atom. The van der Waals surface area contributed by atoms with Gasteiger partial charge < -0.3 is 15.0 Å². The fourth-order valence-electron chi connectivity index (χ4n) is 3.76. The number of nitrogens with zero attached hydrogens (tertiary/aromatic N) is 4. The number of hydrogen-bond acceptors (Lipinski definition) is 8. The molecule has 1 aromatic heterocycles. The van der Waals surface area contributed by atoms with Gasteiger partial charge in [0.2, 0.25) is 0 Å². The van der Waals surface area contributed by atoms with Gasteiger partial charge in [-0.3, -0.25) is 24.0 Å². The summed E-state index contributed by atoms with van der Waals surface area (Å²) >= 11 is 0. The van der Waals surface area contributed by atoms with E-state index in [4.69, 9.17) is 4.74 Å². The first-order valence-corrected chi connectivity index (χ1v) is 11.9. The van der Waals surface area contributed by atoms with E-state index >= 15 is 0 Å². The van der Waals surface area contributed by atoms with Crippen LogP contribution in [-0.4, -0.2) is 57.7 Å². The van der Waals surface area contributed by atoms with Gasteiger partial charge in [0, 0.05) is 58.5 Å². The number of nitrogens with one attached hydrogen (secondary N) is 1. The molecule has 0 saturated heterocycles. The zero-order valence-corrected chi connectivity index (χ0v) is 21.0. The first kappa shape index (κ1) is 27.3. The van der Waals surface area contributed by atoms with Crippen LogP contribution < -0.4 is 16.6 Å². The van der Waals surface area contributed by atoms with Crippen LogP contribution in [0.3, 0.4) is 0 Å². The molecule has 0 radical (unpaired) electrons. The van der Waals surface area contributed by atoms with Crippen LogP contribution in [0.25, 0.3) is 0 Å². The minimum atomic E-state index is -0.428. The zero-order chi connectivity index (χ0) is 26.8. The average molecular weight is 510 g/mol. The molecule has 1 heterocycles. The maximum atomic E-state index is 12.2. The molecule has 0 bridgehead atoms. The van der Waals surface area contributed by atoms with Crippen molar-refractivity contribution in [2.24, 2.45) is 14.1 Å². The summed E-state index contributed by atoms with van der Waals surface area (Å²) in [7, 11) is 3.02. The van der Waals surface area contributed by atoms with Crippen molar-refractivity contribution in [1.82, 2.24) is 14.0 Å². The molecule has 0 amide bonds. The second-order valence-electron chi connectivity index (χ2n) is 8.57. The first-order chi connectivity index (χ1) is 17.8. The van der Waals surface area contributed by atoms with E-state index in [-0.39, 0.29) is 23.8 Å². The molecule has 0 aliphatic heterocycles. The number of rotatable bonds is 13. The molecule has 3 aromatic rings. The van der Waals surface area contributed by atoms with Gasteiger partial charge in [0.1, 0.15) is 5.82 Å². The average Bonchev–Trinajstić information content (AvgIpc) is 2.91. The quantitative estimate of drug-likeness (QED) is 0.161. The highest BCUT2D eigenvalue weighted by Crippen LogP contribution is 2.13. The number of esters is 1. The summed E-state index contributed by atoms with van der Waals surface area (Å²) in [5, 5.41) is 14.0. The van der Waals surface area contributed by atoms with Crippen molar-refractivity contribution in [3.05, 3.63) is 103 Å². The van der Waals surface area contributed by atoms with Gasteiger partial charge in [-0.1, -0.05) is 30.3 Å². The predicted octanol–water partition coefficient (Wildman–Crippen LogP) is 2.20.